The van der Waals surface area contributed by atoms with Gasteiger partial charge in [0.05, 0.1) is 23.9 Å². The number of nitrogens with one attached hydrogen (secondary N) is 2. The second-order valence-electron chi connectivity index (χ2n) is 7.57. The standard InChI is InChI=1S/C23H27N3O2S/c1-28-20-11-4-2-8-17(20)13-14-24-22(27)16-26-15-7-6-10-19(26)23-25-18-9-3-5-12-21(18)29-23/h2-5,8-9,11-12,19H,6-7,10,13-16H2,1H3,(H,24,27)/p+1/t19-/m0/s1. The Hall–Kier alpha value is -2.44. The summed E-state index contributed by atoms with van der Waals surface area (Å²) in [6.45, 7) is 2.16. The van der Waals surface area contributed by atoms with Crippen molar-refractivity contribution in [1.82, 2.24) is 10.3 Å². The summed E-state index contributed by atoms with van der Waals surface area (Å²) in [4.78, 5) is 18.8. The number of piperidine rings is 1. The van der Waals surface area contributed by atoms with Gasteiger partial charge in [-0.25, -0.2) is 4.98 Å². The van der Waals surface area contributed by atoms with E-state index in [-0.39, 0.29) is 5.91 Å². The number of carbonyl (C=O) groups excluding carboxylic acids is 1. The molecule has 6 heteroatoms. The van der Waals surface area contributed by atoms with Crippen molar-refractivity contribution in [2.24, 2.45) is 0 Å². The molecule has 0 bridgehead atoms. The SMILES string of the molecule is COc1ccccc1CCNC(=O)C[NH+]1CCCC[C@H]1c1nc2ccccc2s1. The number of amides is 1. The highest BCUT2D eigenvalue weighted by atomic mass is 32.1. The monoisotopic (exact) mass is 410 g/mol. The zero-order chi connectivity index (χ0) is 20.1. The Balaban J connectivity index is 1.35. The predicted molar refractivity (Wildman–Crippen MR) is 117 cm³/mol. The second kappa shape index (κ2) is 9.37. The fraction of sp³-hybridized carbons (Fsp3) is 0.391. The summed E-state index contributed by atoms with van der Waals surface area (Å²) in [6, 6.07) is 16.6. The average Bonchev–Trinajstić information content (AvgIpc) is 3.18. The summed E-state index contributed by atoms with van der Waals surface area (Å²) in [5, 5.41) is 4.27. The van der Waals surface area contributed by atoms with E-state index in [9.17, 15) is 4.79 Å². The highest BCUT2D eigenvalue weighted by molar-refractivity contribution is 7.18. The van der Waals surface area contributed by atoms with Gasteiger partial charge in [-0.3, -0.25) is 4.79 Å². The van der Waals surface area contributed by atoms with Crippen LogP contribution in [-0.2, 0) is 11.2 Å². The first-order chi connectivity index (χ1) is 14.2. The first kappa shape index (κ1) is 19.9. The maximum Gasteiger partial charge on any atom is 0.275 e. The number of nitrogens with zero attached hydrogens (tertiary/aromatic N) is 1. The molecule has 1 unspecified atom stereocenters. The van der Waals surface area contributed by atoms with E-state index in [2.05, 4.69) is 23.5 Å². The van der Waals surface area contributed by atoms with Gasteiger partial charge in [-0.05, 0) is 43.0 Å². The summed E-state index contributed by atoms with van der Waals surface area (Å²) in [5.74, 6) is 0.988. The van der Waals surface area contributed by atoms with Crippen LogP contribution in [0, 0.1) is 0 Å². The Kier molecular flexibility index (Phi) is 6.42. The van der Waals surface area contributed by atoms with E-state index in [1.165, 1.54) is 27.4 Å². The number of hydrogen-bond donors (Lipinski definition) is 2. The van der Waals surface area contributed by atoms with Gasteiger partial charge >= 0.3 is 0 Å². The molecular formula is C23H28N3O2S+. The largest absolute Gasteiger partial charge is 0.496 e. The van der Waals surface area contributed by atoms with Gasteiger partial charge in [0.2, 0.25) is 0 Å². The minimum atomic E-state index is 0.114. The molecule has 0 spiro atoms. The van der Waals surface area contributed by atoms with Gasteiger partial charge in [0.15, 0.2) is 11.6 Å². The van der Waals surface area contributed by atoms with Crippen molar-refractivity contribution >= 4 is 27.5 Å². The van der Waals surface area contributed by atoms with E-state index < -0.39 is 0 Å². The van der Waals surface area contributed by atoms with Crippen molar-refractivity contribution in [3.8, 4) is 5.75 Å². The van der Waals surface area contributed by atoms with Crippen LogP contribution in [-0.4, -0.2) is 37.6 Å². The molecule has 1 fully saturated rings. The number of methoxy groups -OCH3 is 1. The van der Waals surface area contributed by atoms with Gasteiger partial charge in [0.1, 0.15) is 11.8 Å². The molecule has 0 radical (unpaired) electrons. The molecule has 3 aromatic rings. The van der Waals surface area contributed by atoms with Gasteiger partial charge < -0.3 is 15.0 Å². The molecule has 0 aliphatic carbocycles. The summed E-state index contributed by atoms with van der Waals surface area (Å²) < 4.78 is 6.62. The molecule has 5 nitrogen and oxygen atoms in total. The average molecular weight is 411 g/mol. The number of aromatic nitrogens is 1. The number of ether oxygens (including phenoxy) is 1. The molecule has 152 valence electrons. The van der Waals surface area contributed by atoms with Crippen LogP contribution in [0.2, 0.25) is 0 Å². The molecule has 2 aromatic carbocycles. The van der Waals surface area contributed by atoms with Crippen molar-refractivity contribution in [3.05, 3.63) is 59.1 Å². The first-order valence-corrected chi connectivity index (χ1v) is 11.1. The van der Waals surface area contributed by atoms with Crippen LogP contribution in [0.5, 0.6) is 5.75 Å². The third kappa shape index (κ3) is 4.77. The molecule has 1 amide bonds. The maximum absolute atomic E-state index is 12.6. The molecule has 2 N–H and O–H groups in total. The van der Waals surface area contributed by atoms with Crippen LogP contribution in [0.4, 0.5) is 0 Å². The lowest BCUT2D eigenvalue weighted by Crippen LogP contribution is -3.14. The quantitative estimate of drug-likeness (QED) is 0.630. The van der Waals surface area contributed by atoms with E-state index in [1.807, 2.05) is 30.3 Å². The molecular weight excluding hydrogens is 382 g/mol. The summed E-state index contributed by atoms with van der Waals surface area (Å²) in [5.41, 5.74) is 2.19. The number of likely N-dealkylation sites (tertiary alicyclic amines) is 1. The lowest BCUT2D eigenvalue weighted by Gasteiger charge is -2.30. The molecule has 4 rings (SSSR count). The van der Waals surface area contributed by atoms with Crippen LogP contribution in [0.25, 0.3) is 10.2 Å². The molecule has 0 saturated carbocycles. The number of quaternary nitrogens is 1. The minimum Gasteiger partial charge on any atom is -0.496 e. The molecule has 1 saturated heterocycles. The van der Waals surface area contributed by atoms with Crippen molar-refractivity contribution < 1.29 is 14.4 Å². The summed E-state index contributed by atoms with van der Waals surface area (Å²) >= 11 is 1.78. The van der Waals surface area contributed by atoms with Crippen molar-refractivity contribution in [2.45, 2.75) is 31.7 Å². The zero-order valence-corrected chi connectivity index (χ0v) is 17.6. The van der Waals surface area contributed by atoms with Crippen molar-refractivity contribution in [2.75, 3.05) is 26.7 Å². The molecule has 29 heavy (non-hydrogen) atoms. The molecule has 2 heterocycles. The Morgan fingerprint density at radius 1 is 1.21 bits per heavy atom. The van der Waals surface area contributed by atoms with Gasteiger partial charge in [-0.2, -0.15) is 0 Å². The Labute approximate surface area is 175 Å². The molecule has 1 aliphatic rings. The number of thiazole rings is 1. The predicted octanol–water partition coefficient (Wildman–Crippen LogP) is 2.77. The van der Waals surface area contributed by atoms with E-state index in [0.717, 1.165) is 36.2 Å². The number of rotatable bonds is 7. The molecule has 2 atom stereocenters. The van der Waals surface area contributed by atoms with E-state index in [4.69, 9.17) is 9.72 Å². The Morgan fingerprint density at radius 2 is 2.03 bits per heavy atom. The number of hydrogen-bond acceptors (Lipinski definition) is 4. The van der Waals surface area contributed by atoms with Crippen molar-refractivity contribution in [1.29, 1.82) is 0 Å². The Morgan fingerprint density at radius 3 is 2.90 bits per heavy atom. The lowest BCUT2D eigenvalue weighted by atomic mass is 10.0. The lowest BCUT2D eigenvalue weighted by molar-refractivity contribution is -0.929. The summed E-state index contributed by atoms with van der Waals surface area (Å²) in [6.07, 6.45) is 4.25. The second-order valence-corrected chi connectivity index (χ2v) is 8.63. The number of fused-ring (bicyclic) bond motifs is 1. The third-order valence-corrected chi connectivity index (χ3v) is 6.79. The topological polar surface area (TPSA) is 55.7 Å². The third-order valence-electron chi connectivity index (χ3n) is 5.64. The van der Waals surface area contributed by atoms with Gasteiger partial charge in [0, 0.05) is 13.0 Å². The maximum atomic E-state index is 12.6. The van der Waals surface area contributed by atoms with Gasteiger partial charge in [-0.15, -0.1) is 11.3 Å². The highest BCUT2D eigenvalue weighted by Crippen LogP contribution is 2.28. The normalized spacial score (nSPS) is 19.2. The van der Waals surface area contributed by atoms with Crippen LogP contribution in [0.3, 0.4) is 0 Å². The van der Waals surface area contributed by atoms with Gasteiger partial charge in [0.25, 0.3) is 5.91 Å². The van der Waals surface area contributed by atoms with Gasteiger partial charge in [-0.1, -0.05) is 30.3 Å². The van der Waals surface area contributed by atoms with Crippen molar-refractivity contribution in [3.63, 3.8) is 0 Å². The number of carbonyl (C=O) groups is 1. The van der Waals surface area contributed by atoms with Crippen LogP contribution < -0.4 is 15.0 Å². The molecule has 1 aromatic heterocycles. The fourth-order valence-electron chi connectivity index (χ4n) is 4.14. The summed E-state index contributed by atoms with van der Waals surface area (Å²) in [7, 11) is 1.68. The van der Waals surface area contributed by atoms with E-state index in [0.29, 0.717) is 19.1 Å². The van der Waals surface area contributed by atoms with Crippen LogP contribution in [0.1, 0.15) is 35.9 Å². The first-order valence-electron chi connectivity index (χ1n) is 10.3. The number of para-hydroxylation sites is 2. The zero-order valence-electron chi connectivity index (χ0n) is 16.8. The van der Waals surface area contributed by atoms with Crippen LogP contribution in [0.15, 0.2) is 48.5 Å². The fourth-order valence-corrected chi connectivity index (χ4v) is 5.30. The van der Waals surface area contributed by atoms with E-state index >= 15 is 0 Å². The minimum absolute atomic E-state index is 0.114. The molecule has 1 aliphatic heterocycles. The highest BCUT2D eigenvalue weighted by Gasteiger charge is 2.31. The Bertz CT molecular complexity index is 938. The van der Waals surface area contributed by atoms with Crippen LogP contribution >= 0.6 is 11.3 Å². The smallest absolute Gasteiger partial charge is 0.275 e. The van der Waals surface area contributed by atoms with E-state index in [1.54, 1.807) is 18.4 Å². The number of benzene rings is 2.